The molecular weight excluding hydrogens is 306 g/mol. The SMILES string of the molecule is CC(C)(CS)COc1cccc([N+](=O)[O-])c1Br. The van der Waals surface area contributed by atoms with Gasteiger partial charge in [0.05, 0.1) is 11.5 Å². The second-order valence-electron chi connectivity index (χ2n) is 4.46. The van der Waals surface area contributed by atoms with E-state index in [-0.39, 0.29) is 11.1 Å². The van der Waals surface area contributed by atoms with Gasteiger partial charge in [-0.05, 0) is 27.7 Å². The molecule has 0 amide bonds. The number of nitrogens with zero attached hydrogens (tertiary/aromatic N) is 1. The van der Waals surface area contributed by atoms with E-state index in [4.69, 9.17) is 4.74 Å². The van der Waals surface area contributed by atoms with E-state index in [2.05, 4.69) is 28.6 Å². The number of halogens is 1. The largest absolute Gasteiger partial charge is 0.492 e. The molecule has 0 N–H and O–H groups in total. The molecule has 0 saturated heterocycles. The van der Waals surface area contributed by atoms with E-state index in [1.807, 2.05) is 13.8 Å². The smallest absolute Gasteiger partial charge is 0.287 e. The summed E-state index contributed by atoms with van der Waals surface area (Å²) in [4.78, 5) is 10.3. The molecule has 1 rings (SSSR count). The molecule has 0 atom stereocenters. The summed E-state index contributed by atoms with van der Waals surface area (Å²) in [5.41, 5.74) is -0.0705. The number of nitro groups is 1. The fraction of sp³-hybridized carbons (Fsp3) is 0.455. The van der Waals surface area contributed by atoms with Crippen molar-refractivity contribution in [3.63, 3.8) is 0 Å². The lowest BCUT2D eigenvalue weighted by Gasteiger charge is -2.22. The van der Waals surface area contributed by atoms with Gasteiger partial charge in [0.1, 0.15) is 10.2 Å². The lowest BCUT2D eigenvalue weighted by molar-refractivity contribution is -0.385. The minimum Gasteiger partial charge on any atom is -0.492 e. The van der Waals surface area contributed by atoms with Crippen LogP contribution in [0.15, 0.2) is 22.7 Å². The van der Waals surface area contributed by atoms with Gasteiger partial charge in [0.15, 0.2) is 0 Å². The molecule has 0 aliphatic rings. The van der Waals surface area contributed by atoms with Crippen molar-refractivity contribution >= 4 is 34.2 Å². The minimum absolute atomic E-state index is 0.00572. The molecule has 0 bridgehead atoms. The van der Waals surface area contributed by atoms with Gasteiger partial charge in [-0.2, -0.15) is 12.6 Å². The van der Waals surface area contributed by atoms with Crippen LogP contribution in [0, 0.1) is 15.5 Å². The fourth-order valence-corrected chi connectivity index (χ4v) is 1.69. The Morgan fingerprint density at radius 2 is 2.18 bits per heavy atom. The number of nitro benzene ring substituents is 1. The average Bonchev–Trinajstić information content (AvgIpc) is 2.27. The Hall–Kier alpha value is -0.750. The van der Waals surface area contributed by atoms with Gasteiger partial charge in [0.2, 0.25) is 0 Å². The summed E-state index contributed by atoms with van der Waals surface area (Å²) in [5.74, 6) is 1.16. The van der Waals surface area contributed by atoms with E-state index >= 15 is 0 Å². The van der Waals surface area contributed by atoms with E-state index in [0.717, 1.165) is 0 Å². The van der Waals surface area contributed by atoms with Crippen LogP contribution < -0.4 is 4.74 Å². The van der Waals surface area contributed by atoms with Crippen molar-refractivity contribution in [3.8, 4) is 5.75 Å². The molecule has 0 aromatic heterocycles. The average molecular weight is 320 g/mol. The number of hydrogen-bond acceptors (Lipinski definition) is 4. The van der Waals surface area contributed by atoms with Crippen molar-refractivity contribution in [1.82, 2.24) is 0 Å². The van der Waals surface area contributed by atoms with Crippen LogP contribution in [0.5, 0.6) is 5.75 Å². The summed E-state index contributed by atoms with van der Waals surface area (Å²) >= 11 is 7.41. The van der Waals surface area contributed by atoms with Crippen molar-refractivity contribution in [2.24, 2.45) is 5.41 Å². The van der Waals surface area contributed by atoms with Crippen LogP contribution in [0.4, 0.5) is 5.69 Å². The summed E-state index contributed by atoms with van der Waals surface area (Å²) in [5, 5.41) is 10.7. The normalized spacial score (nSPS) is 11.3. The predicted molar refractivity (Wildman–Crippen MR) is 73.9 cm³/mol. The number of ether oxygens (including phenoxy) is 1. The first-order valence-corrected chi connectivity index (χ1v) is 6.46. The molecule has 0 aliphatic heterocycles. The lowest BCUT2D eigenvalue weighted by atomic mass is 9.98. The van der Waals surface area contributed by atoms with Crippen LogP contribution in [0.1, 0.15) is 13.8 Å². The number of hydrogen-bond donors (Lipinski definition) is 1. The zero-order valence-corrected chi connectivity index (χ0v) is 12.1. The van der Waals surface area contributed by atoms with E-state index in [9.17, 15) is 10.1 Å². The summed E-state index contributed by atoms with van der Waals surface area (Å²) in [7, 11) is 0. The second-order valence-corrected chi connectivity index (χ2v) is 5.57. The quantitative estimate of drug-likeness (QED) is 0.511. The topological polar surface area (TPSA) is 52.4 Å². The molecule has 0 fully saturated rings. The number of benzene rings is 1. The van der Waals surface area contributed by atoms with Gasteiger partial charge in [-0.15, -0.1) is 0 Å². The monoisotopic (exact) mass is 319 g/mol. The Labute approximate surface area is 114 Å². The van der Waals surface area contributed by atoms with Gasteiger partial charge in [-0.25, -0.2) is 0 Å². The Morgan fingerprint density at radius 3 is 2.71 bits per heavy atom. The zero-order valence-electron chi connectivity index (χ0n) is 9.64. The Balaban J connectivity index is 2.86. The first-order chi connectivity index (χ1) is 7.87. The van der Waals surface area contributed by atoms with Crippen LogP contribution in [0.25, 0.3) is 0 Å². The molecule has 0 spiro atoms. The Morgan fingerprint density at radius 1 is 1.53 bits per heavy atom. The maximum absolute atomic E-state index is 10.7. The van der Waals surface area contributed by atoms with Crippen molar-refractivity contribution < 1.29 is 9.66 Å². The highest BCUT2D eigenvalue weighted by atomic mass is 79.9. The first kappa shape index (κ1) is 14.3. The number of thiol groups is 1. The highest BCUT2D eigenvalue weighted by Gasteiger charge is 2.20. The van der Waals surface area contributed by atoms with Crippen molar-refractivity contribution in [3.05, 3.63) is 32.8 Å². The molecular formula is C11H14BrNO3S. The third kappa shape index (κ3) is 3.89. The summed E-state index contributed by atoms with van der Waals surface area (Å²) in [6, 6.07) is 4.73. The van der Waals surface area contributed by atoms with Gasteiger partial charge in [-0.1, -0.05) is 19.9 Å². The third-order valence-electron chi connectivity index (χ3n) is 2.19. The van der Waals surface area contributed by atoms with E-state index < -0.39 is 4.92 Å². The maximum atomic E-state index is 10.7. The summed E-state index contributed by atoms with van der Waals surface area (Å²) in [6.45, 7) is 4.49. The van der Waals surface area contributed by atoms with Crippen molar-refractivity contribution in [2.75, 3.05) is 12.4 Å². The van der Waals surface area contributed by atoms with E-state index in [1.54, 1.807) is 12.1 Å². The van der Waals surface area contributed by atoms with Crippen LogP contribution in [-0.4, -0.2) is 17.3 Å². The minimum atomic E-state index is -0.444. The molecule has 94 valence electrons. The maximum Gasteiger partial charge on any atom is 0.287 e. The standard InChI is InChI=1S/C11H14BrNO3S/c1-11(2,7-17)6-16-9-5-3-4-8(10(9)12)13(14)15/h3-5,17H,6-7H2,1-2H3. The second kappa shape index (κ2) is 5.73. The van der Waals surface area contributed by atoms with Gasteiger partial charge < -0.3 is 4.74 Å². The highest BCUT2D eigenvalue weighted by Crippen LogP contribution is 2.34. The van der Waals surface area contributed by atoms with Crippen LogP contribution in [0.2, 0.25) is 0 Å². The van der Waals surface area contributed by atoms with Crippen molar-refractivity contribution in [1.29, 1.82) is 0 Å². The van der Waals surface area contributed by atoms with Crippen LogP contribution >= 0.6 is 28.6 Å². The van der Waals surface area contributed by atoms with Gasteiger partial charge >= 0.3 is 0 Å². The number of rotatable bonds is 5. The highest BCUT2D eigenvalue weighted by molar-refractivity contribution is 9.10. The van der Waals surface area contributed by atoms with Crippen LogP contribution in [0.3, 0.4) is 0 Å². The first-order valence-electron chi connectivity index (χ1n) is 5.04. The molecule has 6 heteroatoms. The molecule has 0 aliphatic carbocycles. The van der Waals surface area contributed by atoms with Crippen LogP contribution in [-0.2, 0) is 0 Å². The molecule has 0 radical (unpaired) electrons. The van der Waals surface area contributed by atoms with E-state index in [1.165, 1.54) is 6.07 Å². The Kier molecular flexibility index (Phi) is 4.82. The molecule has 1 aromatic carbocycles. The molecule has 1 aromatic rings. The predicted octanol–water partition coefficient (Wildman–Crippen LogP) is 3.69. The zero-order chi connectivity index (χ0) is 13.1. The van der Waals surface area contributed by atoms with E-state index in [0.29, 0.717) is 22.6 Å². The summed E-state index contributed by atoms with van der Waals surface area (Å²) in [6.07, 6.45) is 0. The Bertz CT molecular complexity index is 423. The molecule has 17 heavy (non-hydrogen) atoms. The van der Waals surface area contributed by atoms with Gasteiger partial charge in [0.25, 0.3) is 5.69 Å². The van der Waals surface area contributed by atoms with Gasteiger partial charge in [-0.3, -0.25) is 10.1 Å². The molecule has 4 nitrogen and oxygen atoms in total. The van der Waals surface area contributed by atoms with Gasteiger partial charge in [0, 0.05) is 11.5 Å². The third-order valence-corrected chi connectivity index (χ3v) is 3.84. The molecule has 0 saturated carbocycles. The molecule has 0 unspecified atom stereocenters. The summed E-state index contributed by atoms with van der Waals surface area (Å²) < 4.78 is 5.96. The fourth-order valence-electron chi connectivity index (χ4n) is 1.07. The van der Waals surface area contributed by atoms with Crippen molar-refractivity contribution in [2.45, 2.75) is 13.8 Å². The molecule has 0 heterocycles. The lowest BCUT2D eigenvalue weighted by Crippen LogP contribution is -2.23.